The van der Waals surface area contributed by atoms with Crippen LogP contribution in [0.3, 0.4) is 0 Å². The average Bonchev–Trinajstić information content (AvgIpc) is 2.87. The number of carbonyl (C=O) groups is 5. The predicted molar refractivity (Wildman–Crippen MR) is 142 cm³/mol. The Balaban J connectivity index is 3.18. The minimum Gasteiger partial charge on any atom is -0.508 e. The van der Waals surface area contributed by atoms with E-state index in [9.17, 15) is 39.3 Å². The van der Waals surface area contributed by atoms with E-state index in [1.165, 1.54) is 31.2 Å². The minimum absolute atomic E-state index is 0.00101. The van der Waals surface area contributed by atoms with E-state index in [1.54, 1.807) is 0 Å². The van der Waals surface area contributed by atoms with Gasteiger partial charge in [0.2, 0.25) is 17.7 Å². The summed E-state index contributed by atoms with van der Waals surface area (Å²) >= 11 is 0. The number of nitrogens with two attached hydrogens (primary N) is 3. The number of benzene rings is 1. The molecule has 1 rings (SSSR count). The number of aliphatic hydroxyl groups excluding tert-OH is 1. The highest BCUT2D eigenvalue weighted by Gasteiger charge is 2.32. The Morgan fingerprint density at radius 1 is 0.900 bits per heavy atom. The zero-order valence-electron chi connectivity index (χ0n) is 21.9. The minimum atomic E-state index is -1.67. The van der Waals surface area contributed by atoms with Crippen molar-refractivity contribution in [2.75, 3.05) is 6.54 Å². The second kappa shape index (κ2) is 16.5. The number of guanidine groups is 1. The standard InChI is InChI=1S/C24H37N7O9/c1-12(32)19(23(39)40)31-22(38)17(11-13-4-6-14(33)7-5-13)30-21(37)16(3-2-10-28-24(26)27)29-20(36)15(25)8-9-18(34)35/h4-7,12,15-17,19,32-33H,2-3,8-11,25H2,1H3,(H,29,36)(H,30,37)(H,31,38)(H,34,35)(H,39,40)(H4,26,27,28). The Kier molecular flexibility index (Phi) is 13.9. The van der Waals surface area contributed by atoms with Crippen LogP contribution in [0.1, 0.15) is 38.2 Å². The van der Waals surface area contributed by atoms with Crippen LogP contribution in [-0.2, 0) is 30.4 Å². The van der Waals surface area contributed by atoms with Gasteiger partial charge in [-0.15, -0.1) is 0 Å². The molecule has 0 saturated carbocycles. The van der Waals surface area contributed by atoms with Gasteiger partial charge in [-0.3, -0.25) is 24.2 Å². The molecular weight excluding hydrogens is 530 g/mol. The number of hydrogen-bond acceptors (Lipinski definition) is 9. The summed E-state index contributed by atoms with van der Waals surface area (Å²) in [4.78, 5) is 65.0. The van der Waals surface area contributed by atoms with Crippen LogP contribution in [-0.4, -0.2) is 92.9 Å². The van der Waals surface area contributed by atoms with Crippen LogP contribution in [0, 0.1) is 0 Å². The molecule has 0 fully saturated rings. The van der Waals surface area contributed by atoms with Crippen LogP contribution in [0.4, 0.5) is 0 Å². The van der Waals surface area contributed by atoms with Gasteiger partial charge in [0.25, 0.3) is 0 Å². The highest BCUT2D eigenvalue weighted by Crippen LogP contribution is 2.12. The average molecular weight is 568 g/mol. The number of hydrogen-bond donors (Lipinski definition) is 10. The summed E-state index contributed by atoms with van der Waals surface area (Å²) < 4.78 is 0. The first-order valence-corrected chi connectivity index (χ1v) is 12.3. The number of carboxylic acids is 2. The second-order valence-electron chi connectivity index (χ2n) is 9.05. The molecule has 5 unspecified atom stereocenters. The summed E-state index contributed by atoms with van der Waals surface area (Å²) in [5.41, 5.74) is 16.9. The van der Waals surface area contributed by atoms with Crippen molar-refractivity contribution in [3.8, 4) is 5.75 Å². The van der Waals surface area contributed by atoms with Gasteiger partial charge in [-0.1, -0.05) is 12.1 Å². The monoisotopic (exact) mass is 567 g/mol. The predicted octanol–water partition coefficient (Wildman–Crippen LogP) is -2.90. The lowest BCUT2D eigenvalue weighted by Crippen LogP contribution is -2.58. The van der Waals surface area contributed by atoms with Gasteiger partial charge in [0.15, 0.2) is 12.0 Å². The lowest BCUT2D eigenvalue weighted by molar-refractivity contribution is -0.145. The van der Waals surface area contributed by atoms with Crippen LogP contribution >= 0.6 is 0 Å². The fourth-order valence-electron chi connectivity index (χ4n) is 3.45. The van der Waals surface area contributed by atoms with Crippen molar-refractivity contribution < 1.29 is 44.4 Å². The summed E-state index contributed by atoms with van der Waals surface area (Å²) in [6.45, 7) is 1.28. The van der Waals surface area contributed by atoms with Crippen LogP contribution < -0.4 is 33.2 Å². The third-order valence-electron chi connectivity index (χ3n) is 5.64. The Hall–Kier alpha value is -4.44. The Morgan fingerprint density at radius 3 is 2.00 bits per heavy atom. The molecule has 0 aliphatic heterocycles. The number of aliphatic carboxylic acids is 2. The zero-order chi connectivity index (χ0) is 30.4. The molecule has 0 aliphatic rings. The van der Waals surface area contributed by atoms with Crippen LogP contribution in [0.15, 0.2) is 29.3 Å². The molecule has 0 saturated heterocycles. The molecule has 0 radical (unpaired) electrons. The third-order valence-corrected chi connectivity index (χ3v) is 5.64. The molecule has 222 valence electrons. The van der Waals surface area contributed by atoms with Crippen molar-refractivity contribution in [2.45, 2.75) is 69.3 Å². The van der Waals surface area contributed by atoms with Gasteiger partial charge in [-0.25, -0.2) is 4.79 Å². The van der Waals surface area contributed by atoms with Crippen molar-refractivity contribution in [3.05, 3.63) is 29.8 Å². The summed E-state index contributed by atoms with van der Waals surface area (Å²) in [5, 5.41) is 44.6. The maximum Gasteiger partial charge on any atom is 0.328 e. The highest BCUT2D eigenvalue weighted by molar-refractivity contribution is 5.94. The van der Waals surface area contributed by atoms with Crippen molar-refractivity contribution in [1.82, 2.24) is 16.0 Å². The lowest BCUT2D eigenvalue weighted by atomic mass is 10.0. The van der Waals surface area contributed by atoms with Gasteiger partial charge in [0.05, 0.1) is 12.1 Å². The number of aliphatic hydroxyl groups is 1. The van der Waals surface area contributed by atoms with Gasteiger partial charge in [-0.05, 0) is 43.9 Å². The molecule has 5 atom stereocenters. The molecule has 16 heteroatoms. The molecule has 0 spiro atoms. The van der Waals surface area contributed by atoms with Crippen molar-refractivity contribution in [1.29, 1.82) is 0 Å². The SMILES string of the molecule is CC(O)C(NC(=O)C(Cc1ccc(O)cc1)NC(=O)C(CCCN=C(N)N)NC(=O)C(N)CCC(=O)O)C(=O)O. The van der Waals surface area contributed by atoms with Gasteiger partial charge in [0, 0.05) is 19.4 Å². The van der Waals surface area contributed by atoms with E-state index in [1.807, 2.05) is 0 Å². The van der Waals surface area contributed by atoms with Crippen molar-refractivity contribution >= 4 is 35.6 Å². The normalized spacial score (nSPS) is 14.5. The third kappa shape index (κ3) is 12.4. The molecule has 0 heterocycles. The summed E-state index contributed by atoms with van der Waals surface area (Å²) in [7, 11) is 0. The molecule has 16 nitrogen and oxygen atoms in total. The Labute approximate surface area is 230 Å². The van der Waals surface area contributed by atoms with Crippen molar-refractivity contribution in [2.24, 2.45) is 22.2 Å². The molecule has 0 bridgehead atoms. The first-order valence-electron chi connectivity index (χ1n) is 12.3. The van der Waals surface area contributed by atoms with Crippen LogP contribution in [0.5, 0.6) is 5.75 Å². The smallest absolute Gasteiger partial charge is 0.328 e. The van der Waals surface area contributed by atoms with Gasteiger partial charge >= 0.3 is 11.9 Å². The first-order chi connectivity index (χ1) is 18.7. The highest BCUT2D eigenvalue weighted by atomic mass is 16.4. The molecule has 1 aromatic carbocycles. The van der Waals surface area contributed by atoms with Gasteiger partial charge in [-0.2, -0.15) is 0 Å². The van der Waals surface area contributed by atoms with E-state index in [0.717, 1.165) is 0 Å². The number of carbonyl (C=O) groups excluding carboxylic acids is 3. The zero-order valence-corrected chi connectivity index (χ0v) is 21.9. The largest absolute Gasteiger partial charge is 0.508 e. The van der Waals surface area contributed by atoms with E-state index in [-0.39, 0.29) is 50.4 Å². The fourth-order valence-corrected chi connectivity index (χ4v) is 3.45. The molecule has 1 aromatic rings. The summed E-state index contributed by atoms with van der Waals surface area (Å²) in [5.74, 6) is -5.45. The molecule has 40 heavy (non-hydrogen) atoms. The summed E-state index contributed by atoms with van der Waals surface area (Å²) in [6.07, 6.45) is -1.94. The van der Waals surface area contributed by atoms with E-state index < -0.39 is 59.9 Å². The molecular formula is C24H37N7O9. The maximum absolute atomic E-state index is 13.3. The molecule has 0 aliphatic carbocycles. The number of nitrogens with one attached hydrogen (secondary N) is 3. The number of phenols is 1. The van der Waals surface area contributed by atoms with E-state index in [4.69, 9.17) is 22.3 Å². The number of amides is 3. The maximum atomic E-state index is 13.3. The first kappa shape index (κ1) is 33.6. The van der Waals surface area contributed by atoms with Crippen molar-refractivity contribution in [3.63, 3.8) is 0 Å². The Bertz CT molecular complexity index is 1060. The number of aliphatic imine (C=N–C) groups is 1. The Morgan fingerprint density at radius 2 is 1.48 bits per heavy atom. The van der Waals surface area contributed by atoms with Crippen LogP contribution in [0.25, 0.3) is 0 Å². The van der Waals surface area contributed by atoms with E-state index in [2.05, 4.69) is 20.9 Å². The van der Waals surface area contributed by atoms with Gasteiger partial charge < -0.3 is 53.6 Å². The summed E-state index contributed by atoms with van der Waals surface area (Å²) in [6, 6.07) is 0.162. The number of carboxylic acid groups (broad SMARTS) is 2. The quantitative estimate of drug-likeness (QED) is 0.0515. The number of nitrogens with zero attached hydrogens (tertiary/aromatic N) is 1. The number of aromatic hydroxyl groups is 1. The second-order valence-corrected chi connectivity index (χ2v) is 9.05. The van der Waals surface area contributed by atoms with Gasteiger partial charge in [0.1, 0.15) is 17.8 Å². The molecule has 13 N–H and O–H groups in total. The lowest BCUT2D eigenvalue weighted by Gasteiger charge is -2.26. The number of rotatable bonds is 17. The van der Waals surface area contributed by atoms with E-state index >= 15 is 0 Å². The molecule has 3 amide bonds. The van der Waals surface area contributed by atoms with Crippen LogP contribution in [0.2, 0.25) is 0 Å². The molecule has 0 aromatic heterocycles. The fraction of sp³-hybridized carbons (Fsp3) is 0.500. The number of phenolic OH excluding ortho intramolecular Hbond substituents is 1. The van der Waals surface area contributed by atoms with E-state index in [0.29, 0.717) is 5.56 Å². The topological polar surface area (TPSA) is 293 Å².